The number of hydrogen-bond donors (Lipinski definition) is 1. The number of amides is 1. The number of benzene rings is 2. The number of nitrogens with one attached hydrogen (secondary N) is 1. The van der Waals surface area contributed by atoms with Crippen LogP contribution in [0.25, 0.3) is 17.0 Å². The molecule has 1 heterocycles. The number of fused-ring (bicyclic) bond motifs is 1. The third-order valence-electron chi connectivity index (χ3n) is 3.91. The summed E-state index contributed by atoms with van der Waals surface area (Å²) in [6.45, 7) is 1.44. The highest BCUT2D eigenvalue weighted by Gasteiger charge is 2.17. The lowest BCUT2D eigenvalue weighted by Crippen LogP contribution is -2.29. The van der Waals surface area contributed by atoms with E-state index in [4.69, 9.17) is 16.3 Å². The topological polar surface area (TPSA) is 68.3 Å². The lowest BCUT2D eigenvalue weighted by molar-refractivity contribution is -0.148. The maximum absolute atomic E-state index is 13.2. The van der Waals surface area contributed by atoms with Crippen molar-refractivity contribution in [3.63, 3.8) is 0 Å². The molecule has 0 spiro atoms. The van der Waals surface area contributed by atoms with Crippen molar-refractivity contribution in [2.75, 3.05) is 5.32 Å². The summed E-state index contributed by atoms with van der Waals surface area (Å²) in [7, 11) is 0. The van der Waals surface area contributed by atoms with Crippen LogP contribution in [-0.4, -0.2) is 23.0 Å². The van der Waals surface area contributed by atoms with Crippen molar-refractivity contribution in [3.05, 3.63) is 77.2 Å². The van der Waals surface area contributed by atoms with Gasteiger partial charge < -0.3 is 10.1 Å². The Bertz CT molecular complexity index is 1060. The predicted molar refractivity (Wildman–Crippen MR) is 106 cm³/mol. The van der Waals surface area contributed by atoms with E-state index in [0.717, 1.165) is 22.5 Å². The molecule has 0 saturated heterocycles. The Kier molecular flexibility index (Phi) is 6.01. The molecule has 2 aromatic carbocycles. The maximum Gasteiger partial charge on any atom is 0.331 e. The Morgan fingerprint density at radius 3 is 2.79 bits per heavy atom. The zero-order chi connectivity index (χ0) is 20.1. The van der Waals surface area contributed by atoms with E-state index in [-0.39, 0.29) is 5.02 Å². The van der Waals surface area contributed by atoms with Crippen LogP contribution in [0.5, 0.6) is 0 Å². The molecule has 0 aliphatic heterocycles. The fourth-order valence-corrected chi connectivity index (χ4v) is 2.69. The SMILES string of the molecule is CC(OC(=O)/C=C/c1cccc2cccnc12)C(=O)Nc1ccc(F)c(Cl)c1. The van der Waals surface area contributed by atoms with Gasteiger partial charge in [-0.1, -0.05) is 35.9 Å². The van der Waals surface area contributed by atoms with Crippen molar-refractivity contribution in [1.29, 1.82) is 0 Å². The second-order valence-corrected chi connectivity index (χ2v) is 6.36. The van der Waals surface area contributed by atoms with Crippen molar-refractivity contribution in [2.45, 2.75) is 13.0 Å². The summed E-state index contributed by atoms with van der Waals surface area (Å²) in [6.07, 6.45) is 3.45. The molecule has 1 aromatic heterocycles. The van der Waals surface area contributed by atoms with Crippen LogP contribution in [0, 0.1) is 5.82 Å². The minimum atomic E-state index is -1.05. The van der Waals surface area contributed by atoms with E-state index in [1.807, 2.05) is 30.3 Å². The van der Waals surface area contributed by atoms with Gasteiger partial charge in [0, 0.05) is 28.9 Å². The van der Waals surface area contributed by atoms with E-state index < -0.39 is 23.8 Å². The highest BCUT2D eigenvalue weighted by Crippen LogP contribution is 2.20. The molecule has 1 unspecified atom stereocenters. The summed E-state index contributed by atoms with van der Waals surface area (Å²) in [5.41, 5.74) is 1.82. The second-order valence-electron chi connectivity index (χ2n) is 5.95. The van der Waals surface area contributed by atoms with Gasteiger partial charge in [0.2, 0.25) is 0 Å². The zero-order valence-corrected chi connectivity index (χ0v) is 15.6. The average Bonchev–Trinajstić information content (AvgIpc) is 2.69. The summed E-state index contributed by atoms with van der Waals surface area (Å²) in [5, 5.41) is 3.34. The van der Waals surface area contributed by atoms with Gasteiger partial charge in [-0.05, 0) is 37.3 Å². The first-order valence-corrected chi connectivity index (χ1v) is 8.80. The maximum atomic E-state index is 13.2. The molecule has 7 heteroatoms. The van der Waals surface area contributed by atoms with Crippen molar-refractivity contribution in [3.8, 4) is 0 Å². The molecule has 5 nitrogen and oxygen atoms in total. The molecular weight excluding hydrogens is 383 g/mol. The smallest absolute Gasteiger partial charge is 0.331 e. The summed E-state index contributed by atoms with van der Waals surface area (Å²) < 4.78 is 18.3. The third-order valence-corrected chi connectivity index (χ3v) is 4.20. The molecular formula is C21H16ClFN2O3. The molecule has 28 heavy (non-hydrogen) atoms. The zero-order valence-electron chi connectivity index (χ0n) is 14.9. The Morgan fingerprint density at radius 2 is 2.00 bits per heavy atom. The largest absolute Gasteiger partial charge is 0.449 e. The molecule has 1 amide bonds. The first-order chi connectivity index (χ1) is 13.4. The van der Waals surface area contributed by atoms with Gasteiger partial charge in [0.15, 0.2) is 6.10 Å². The van der Waals surface area contributed by atoms with E-state index in [0.29, 0.717) is 5.69 Å². The quantitative estimate of drug-likeness (QED) is 0.503. The molecule has 1 atom stereocenters. The number of halogens is 2. The van der Waals surface area contributed by atoms with E-state index >= 15 is 0 Å². The molecule has 0 bridgehead atoms. The molecule has 0 saturated carbocycles. The van der Waals surface area contributed by atoms with Crippen LogP contribution in [-0.2, 0) is 14.3 Å². The van der Waals surface area contributed by atoms with Crippen LogP contribution < -0.4 is 5.32 Å². The Hall–Kier alpha value is -3.25. The number of carbonyl (C=O) groups is 2. The van der Waals surface area contributed by atoms with Crippen molar-refractivity contribution >= 4 is 46.1 Å². The minimum Gasteiger partial charge on any atom is -0.449 e. The molecule has 142 valence electrons. The van der Waals surface area contributed by atoms with Gasteiger partial charge in [-0.2, -0.15) is 0 Å². The summed E-state index contributed by atoms with van der Waals surface area (Å²) >= 11 is 5.68. The first kappa shape index (κ1) is 19.5. The number of hydrogen-bond acceptors (Lipinski definition) is 4. The summed E-state index contributed by atoms with van der Waals surface area (Å²) in [6, 6.07) is 13.1. The van der Waals surface area contributed by atoms with Gasteiger partial charge in [0.25, 0.3) is 5.91 Å². The third kappa shape index (κ3) is 4.72. The van der Waals surface area contributed by atoms with Gasteiger partial charge in [-0.15, -0.1) is 0 Å². The lowest BCUT2D eigenvalue weighted by atomic mass is 10.1. The van der Waals surface area contributed by atoms with Crippen LogP contribution in [0.4, 0.5) is 10.1 Å². The Balaban J connectivity index is 1.62. The highest BCUT2D eigenvalue weighted by atomic mass is 35.5. The standard InChI is InChI=1S/C21H16ClFN2O3/c1-13(21(27)25-16-8-9-18(23)17(22)12-16)28-19(26)10-7-15-5-2-4-14-6-3-11-24-20(14)15/h2-13H,1H3,(H,25,27)/b10-7+. The van der Waals surface area contributed by atoms with Gasteiger partial charge in [-0.25, -0.2) is 9.18 Å². The van der Waals surface area contributed by atoms with Gasteiger partial charge in [0.05, 0.1) is 10.5 Å². The van der Waals surface area contributed by atoms with Gasteiger partial charge in [-0.3, -0.25) is 9.78 Å². The number of rotatable bonds is 5. The fraction of sp³-hybridized carbons (Fsp3) is 0.0952. The molecule has 0 aliphatic rings. The number of ether oxygens (including phenoxy) is 1. The molecule has 0 aliphatic carbocycles. The summed E-state index contributed by atoms with van der Waals surface area (Å²) in [5.74, 6) is -1.82. The second kappa shape index (κ2) is 8.63. The number of nitrogens with zero attached hydrogens (tertiary/aromatic N) is 1. The summed E-state index contributed by atoms with van der Waals surface area (Å²) in [4.78, 5) is 28.5. The van der Waals surface area contributed by atoms with E-state index in [9.17, 15) is 14.0 Å². The molecule has 3 rings (SSSR count). The van der Waals surface area contributed by atoms with E-state index in [2.05, 4.69) is 10.3 Å². The van der Waals surface area contributed by atoms with Crippen LogP contribution in [0.3, 0.4) is 0 Å². The van der Waals surface area contributed by atoms with Gasteiger partial charge in [0.1, 0.15) is 5.82 Å². The monoisotopic (exact) mass is 398 g/mol. The molecule has 0 radical (unpaired) electrons. The number of para-hydroxylation sites is 1. The molecule has 3 aromatic rings. The normalized spacial score (nSPS) is 12.1. The van der Waals surface area contributed by atoms with Gasteiger partial charge >= 0.3 is 5.97 Å². The van der Waals surface area contributed by atoms with Crippen LogP contribution in [0.1, 0.15) is 12.5 Å². The van der Waals surface area contributed by atoms with Crippen molar-refractivity contribution in [2.24, 2.45) is 0 Å². The number of carbonyl (C=O) groups excluding carboxylic acids is 2. The van der Waals surface area contributed by atoms with Crippen molar-refractivity contribution in [1.82, 2.24) is 4.98 Å². The predicted octanol–water partition coefficient (Wildman–Crippen LogP) is 4.61. The number of esters is 1. The number of anilines is 1. The number of pyridine rings is 1. The minimum absolute atomic E-state index is 0.117. The average molecular weight is 399 g/mol. The first-order valence-electron chi connectivity index (χ1n) is 8.42. The van der Waals surface area contributed by atoms with Crippen molar-refractivity contribution < 1.29 is 18.7 Å². The van der Waals surface area contributed by atoms with E-state index in [1.165, 1.54) is 25.1 Å². The highest BCUT2D eigenvalue weighted by molar-refractivity contribution is 6.31. The Labute approximate surface area is 165 Å². The lowest BCUT2D eigenvalue weighted by Gasteiger charge is -2.12. The Morgan fingerprint density at radius 1 is 1.21 bits per heavy atom. The molecule has 0 fully saturated rings. The van der Waals surface area contributed by atoms with E-state index in [1.54, 1.807) is 12.3 Å². The van der Waals surface area contributed by atoms with Crippen LogP contribution >= 0.6 is 11.6 Å². The fourth-order valence-electron chi connectivity index (χ4n) is 2.50. The van der Waals surface area contributed by atoms with Crippen LogP contribution in [0.2, 0.25) is 5.02 Å². The number of aromatic nitrogens is 1. The van der Waals surface area contributed by atoms with Crippen LogP contribution in [0.15, 0.2) is 60.8 Å². The molecule has 1 N–H and O–H groups in total.